The molecule has 1 saturated carbocycles. The lowest BCUT2D eigenvalue weighted by molar-refractivity contribution is 0.0636. The van der Waals surface area contributed by atoms with Crippen LogP contribution in [0.15, 0.2) is 18.2 Å². The molecule has 2 rings (SSSR count). The Kier molecular flexibility index (Phi) is 4.25. The first kappa shape index (κ1) is 15.8. The van der Waals surface area contributed by atoms with Crippen molar-refractivity contribution in [3.63, 3.8) is 0 Å². The molecule has 0 atom stereocenters. The zero-order valence-corrected chi connectivity index (χ0v) is 13.2. The molecular formula is C16H24N2O3. The van der Waals surface area contributed by atoms with Crippen LogP contribution in [0.5, 0.6) is 0 Å². The van der Waals surface area contributed by atoms with E-state index >= 15 is 0 Å². The van der Waals surface area contributed by atoms with Crippen LogP contribution in [-0.2, 0) is 15.0 Å². The third-order valence-electron chi connectivity index (χ3n) is 3.69. The van der Waals surface area contributed by atoms with Gasteiger partial charge in [-0.15, -0.1) is 0 Å². The van der Waals surface area contributed by atoms with Gasteiger partial charge in [-0.1, -0.05) is 12.1 Å². The Hall–Kier alpha value is -1.59. The highest BCUT2D eigenvalue weighted by atomic mass is 16.6. The highest BCUT2D eigenvalue weighted by molar-refractivity contribution is 5.86. The molecule has 116 valence electrons. The molecule has 5 heteroatoms. The minimum atomic E-state index is -0.505. The van der Waals surface area contributed by atoms with Gasteiger partial charge in [0.15, 0.2) is 0 Å². The summed E-state index contributed by atoms with van der Waals surface area (Å²) in [5, 5.41) is 2.78. The van der Waals surface area contributed by atoms with Crippen molar-refractivity contribution in [1.29, 1.82) is 0 Å². The van der Waals surface area contributed by atoms with E-state index in [1.807, 2.05) is 39.8 Å². The summed E-state index contributed by atoms with van der Waals surface area (Å²) in [6.07, 6.45) is 1.73. The highest BCUT2D eigenvalue weighted by Gasteiger charge is 2.44. The fraction of sp³-hybridized carbons (Fsp3) is 0.562. The molecule has 1 aromatic rings. The van der Waals surface area contributed by atoms with Crippen molar-refractivity contribution in [3.8, 4) is 0 Å². The van der Waals surface area contributed by atoms with Gasteiger partial charge in [-0.05, 0) is 57.7 Å². The van der Waals surface area contributed by atoms with E-state index in [0.717, 1.165) is 24.1 Å². The Labute approximate surface area is 125 Å². The van der Waals surface area contributed by atoms with Crippen molar-refractivity contribution in [2.75, 3.05) is 11.9 Å². The Morgan fingerprint density at radius 1 is 1.38 bits per heavy atom. The molecule has 0 spiro atoms. The van der Waals surface area contributed by atoms with Crippen molar-refractivity contribution in [1.82, 2.24) is 0 Å². The van der Waals surface area contributed by atoms with Crippen molar-refractivity contribution in [2.45, 2.75) is 51.6 Å². The maximum atomic E-state index is 11.8. The second kappa shape index (κ2) is 5.66. The number of aryl methyl sites for hydroxylation is 1. The van der Waals surface area contributed by atoms with Crippen LogP contribution < -0.4 is 11.2 Å². The van der Waals surface area contributed by atoms with Gasteiger partial charge >= 0.3 is 6.09 Å². The SMILES string of the molecule is Cc1cc(C2(CON)CC2)ccc1NC(=O)OC(C)(C)C. The zero-order chi connectivity index (χ0) is 15.7. The van der Waals surface area contributed by atoms with Crippen LogP contribution in [0, 0.1) is 6.92 Å². The summed E-state index contributed by atoms with van der Waals surface area (Å²) in [5.74, 6) is 5.21. The van der Waals surface area contributed by atoms with E-state index in [0.29, 0.717) is 6.61 Å². The van der Waals surface area contributed by atoms with Gasteiger partial charge in [0.1, 0.15) is 5.60 Å². The van der Waals surface area contributed by atoms with E-state index < -0.39 is 11.7 Å². The van der Waals surface area contributed by atoms with E-state index in [9.17, 15) is 4.79 Å². The summed E-state index contributed by atoms with van der Waals surface area (Å²) >= 11 is 0. The molecule has 1 fully saturated rings. The molecular weight excluding hydrogens is 268 g/mol. The second-order valence-corrected chi connectivity index (χ2v) is 6.75. The van der Waals surface area contributed by atoms with Gasteiger partial charge in [-0.2, -0.15) is 0 Å². The number of nitrogens with one attached hydrogen (secondary N) is 1. The number of amides is 1. The van der Waals surface area contributed by atoms with Crippen LogP contribution in [0.4, 0.5) is 10.5 Å². The number of carbonyl (C=O) groups is 1. The average Bonchev–Trinajstić information content (AvgIpc) is 3.11. The van der Waals surface area contributed by atoms with Crippen LogP contribution in [0.1, 0.15) is 44.7 Å². The third-order valence-corrected chi connectivity index (χ3v) is 3.69. The third kappa shape index (κ3) is 3.95. The number of nitrogens with two attached hydrogens (primary N) is 1. The zero-order valence-electron chi connectivity index (χ0n) is 13.2. The maximum absolute atomic E-state index is 11.8. The topological polar surface area (TPSA) is 73.6 Å². The molecule has 0 aromatic heterocycles. The van der Waals surface area contributed by atoms with Crippen LogP contribution >= 0.6 is 0 Å². The average molecular weight is 292 g/mol. The van der Waals surface area contributed by atoms with Crippen molar-refractivity contribution < 1.29 is 14.4 Å². The van der Waals surface area contributed by atoms with Gasteiger partial charge in [0.05, 0.1) is 6.61 Å². The molecule has 1 aromatic carbocycles. The largest absolute Gasteiger partial charge is 0.444 e. The Balaban J connectivity index is 2.08. The molecule has 0 radical (unpaired) electrons. The normalized spacial score (nSPS) is 16.4. The number of hydrogen-bond acceptors (Lipinski definition) is 4. The number of carbonyl (C=O) groups excluding carboxylic acids is 1. The lowest BCUT2D eigenvalue weighted by atomic mass is 9.95. The van der Waals surface area contributed by atoms with Crippen molar-refractivity contribution in [3.05, 3.63) is 29.3 Å². The van der Waals surface area contributed by atoms with Crippen molar-refractivity contribution >= 4 is 11.8 Å². The number of rotatable bonds is 4. The van der Waals surface area contributed by atoms with Gasteiger partial charge in [0.2, 0.25) is 0 Å². The predicted octanol–water partition coefficient (Wildman–Crippen LogP) is 3.26. The van der Waals surface area contributed by atoms with E-state index in [1.54, 1.807) is 0 Å². The van der Waals surface area contributed by atoms with Gasteiger partial charge in [0, 0.05) is 11.1 Å². The molecule has 0 saturated heterocycles. The van der Waals surface area contributed by atoms with Gasteiger partial charge in [-0.25, -0.2) is 10.7 Å². The molecule has 1 amide bonds. The quantitative estimate of drug-likeness (QED) is 0.835. The molecule has 1 aliphatic carbocycles. The molecule has 21 heavy (non-hydrogen) atoms. The highest BCUT2D eigenvalue weighted by Crippen LogP contribution is 2.48. The van der Waals surface area contributed by atoms with E-state index in [-0.39, 0.29) is 5.41 Å². The number of ether oxygens (including phenoxy) is 1. The summed E-state index contributed by atoms with van der Waals surface area (Å²) in [5.41, 5.74) is 2.53. The number of hydrogen-bond donors (Lipinski definition) is 2. The Bertz CT molecular complexity index is 531. The summed E-state index contributed by atoms with van der Waals surface area (Å²) < 4.78 is 5.26. The van der Waals surface area contributed by atoms with E-state index in [1.165, 1.54) is 5.56 Å². The van der Waals surface area contributed by atoms with Gasteiger partial charge in [-0.3, -0.25) is 5.32 Å². The number of benzene rings is 1. The standard InChI is InChI=1S/C16H24N2O3/c1-11-9-12(16(7-8-16)10-20-17)5-6-13(11)18-14(19)21-15(2,3)4/h5-6,9H,7-8,10,17H2,1-4H3,(H,18,19). The van der Waals surface area contributed by atoms with Crippen molar-refractivity contribution in [2.24, 2.45) is 5.90 Å². The molecule has 0 unspecified atom stereocenters. The second-order valence-electron chi connectivity index (χ2n) is 6.75. The van der Waals surface area contributed by atoms with Crippen LogP contribution in [0.2, 0.25) is 0 Å². The first-order valence-corrected chi connectivity index (χ1v) is 7.19. The summed E-state index contributed by atoms with van der Waals surface area (Å²) in [4.78, 5) is 16.6. The fourth-order valence-corrected chi connectivity index (χ4v) is 2.37. The minimum Gasteiger partial charge on any atom is -0.444 e. The Morgan fingerprint density at radius 3 is 2.52 bits per heavy atom. The minimum absolute atomic E-state index is 0.0595. The summed E-state index contributed by atoms with van der Waals surface area (Å²) in [6, 6.07) is 6.01. The Morgan fingerprint density at radius 2 is 2.05 bits per heavy atom. The first-order chi connectivity index (χ1) is 9.76. The van der Waals surface area contributed by atoms with E-state index in [2.05, 4.69) is 11.4 Å². The maximum Gasteiger partial charge on any atom is 0.412 e. The molecule has 0 aliphatic heterocycles. The predicted molar refractivity (Wildman–Crippen MR) is 82.1 cm³/mol. The fourth-order valence-electron chi connectivity index (χ4n) is 2.37. The molecule has 1 aliphatic rings. The summed E-state index contributed by atoms with van der Waals surface area (Å²) in [7, 11) is 0. The molecule has 0 bridgehead atoms. The summed E-state index contributed by atoms with van der Waals surface area (Å²) in [6.45, 7) is 8.02. The smallest absolute Gasteiger partial charge is 0.412 e. The molecule has 5 nitrogen and oxygen atoms in total. The first-order valence-electron chi connectivity index (χ1n) is 7.19. The van der Waals surface area contributed by atoms with Crippen LogP contribution in [0.3, 0.4) is 0 Å². The molecule has 0 heterocycles. The molecule has 3 N–H and O–H groups in total. The van der Waals surface area contributed by atoms with Crippen LogP contribution in [0.25, 0.3) is 0 Å². The lowest BCUT2D eigenvalue weighted by Gasteiger charge is -2.21. The number of anilines is 1. The van der Waals surface area contributed by atoms with Gasteiger partial charge < -0.3 is 9.57 Å². The lowest BCUT2D eigenvalue weighted by Crippen LogP contribution is -2.27. The van der Waals surface area contributed by atoms with E-state index in [4.69, 9.17) is 15.5 Å². The van der Waals surface area contributed by atoms with Crippen LogP contribution in [-0.4, -0.2) is 18.3 Å². The monoisotopic (exact) mass is 292 g/mol. The van der Waals surface area contributed by atoms with Gasteiger partial charge in [0.25, 0.3) is 0 Å².